The summed E-state index contributed by atoms with van der Waals surface area (Å²) in [5.41, 5.74) is 2.75. The van der Waals surface area contributed by atoms with Gasteiger partial charge in [0.1, 0.15) is 5.82 Å². The SMILES string of the molecule is CN(CC1CC1)c1ccc2ccc(C(=O)NCc3cccnc3)cn12. The highest BCUT2D eigenvalue weighted by atomic mass is 16.1. The van der Waals surface area contributed by atoms with Crippen molar-refractivity contribution in [3.8, 4) is 0 Å². The zero-order valence-corrected chi connectivity index (χ0v) is 14.4. The average Bonchev–Trinajstić information content (AvgIpc) is 3.35. The monoisotopic (exact) mass is 334 g/mol. The summed E-state index contributed by atoms with van der Waals surface area (Å²) in [5.74, 6) is 1.88. The summed E-state index contributed by atoms with van der Waals surface area (Å²) >= 11 is 0. The lowest BCUT2D eigenvalue weighted by atomic mass is 10.2. The molecule has 0 radical (unpaired) electrons. The number of carbonyl (C=O) groups is 1. The number of hydrogen-bond donors (Lipinski definition) is 1. The van der Waals surface area contributed by atoms with E-state index >= 15 is 0 Å². The normalized spacial score (nSPS) is 13.8. The minimum absolute atomic E-state index is 0.0738. The highest BCUT2D eigenvalue weighted by Gasteiger charge is 2.23. The van der Waals surface area contributed by atoms with Crippen LogP contribution >= 0.6 is 0 Å². The van der Waals surface area contributed by atoms with Gasteiger partial charge < -0.3 is 14.6 Å². The number of rotatable bonds is 6. The number of carbonyl (C=O) groups excluding carboxylic acids is 1. The van der Waals surface area contributed by atoms with Gasteiger partial charge in [0.2, 0.25) is 0 Å². The van der Waals surface area contributed by atoms with Crippen LogP contribution in [0.3, 0.4) is 0 Å². The number of aromatic nitrogens is 2. The van der Waals surface area contributed by atoms with Crippen molar-refractivity contribution in [1.29, 1.82) is 0 Å². The fourth-order valence-corrected chi connectivity index (χ4v) is 3.10. The smallest absolute Gasteiger partial charge is 0.253 e. The van der Waals surface area contributed by atoms with Crippen molar-refractivity contribution in [3.05, 3.63) is 66.1 Å². The Hall–Kier alpha value is -2.82. The number of fused-ring (bicyclic) bond motifs is 1. The third-order valence-electron chi connectivity index (χ3n) is 4.69. The third-order valence-corrected chi connectivity index (χ3v) is 4.69. The number of nitrogens with one attached hydrogen (secondary N) is 1. The molecule has 0 unspecified atom stereocenters. The second-order valence-electron chi connectivity index (χ2n) is 6.77. The molecule has 0 aliphatic heterocycles. The van der Waals surface area contributed by atoms with Crippen LogP contribution in [0.1, 0.15) is 28.8 Å². The Bertz CT molecular complexity index is 883. The summed E-state index contributed by atoms with van der Waals surface area (Å²) in [7, 11) is 2.12. The van der Waals surface area contributed by atoms with Gasteiger partial charge in [-0.1, -0.05) is 6.07 Å². The average molecular weight is 334 g/mol. The molecule has 5 heteroatoms. The van der Waals surface area contributed by atoms with Crippen molar-refractivity contribution < 1.29 is 4.79 Å². The lowest BCUT2D eigenvalue weighted by Gasteiger charge is -2.19. The Morgan fingerprint density at radius 2 is 2.12 bits per heavy atom. The molecule has 3 aromatic heterocycles. The van der Waals surface area contributed by atoms with Gasteiger partial charge in [0, 0.05) is 44.2 Å². The number of nitrogens with zero attached hydrogens (tertiary/aromatic N) is 3. The van der Waals surface area contributed by atoms with Crippen LogP contribution in [0.2, 0.25) is 0 Å². The quantitative estimate of drug-likeness (QED) is 0.753. The maximum absolute atomic E-state index is 12.5. The van der Waals surface area contributed by atoms with E-state index in [0.717, 1.165) is 29.4 Å². The van der Waals surface area contributed by atoms with Gasteiger partial charge in [-0.05, 0) is 54.7 Å². The molecular formula is C20H22N4O. The van der Waals surface area contributed by atoms with Crippen molar-refractivity contribution in [2.75, 3.05) is 18.5 Å². The molecule has 1 aliphatic carbocycles. The van der Waals surface area contributed by atoms with Crippen molar-refractivity contribution in [2.45, 2.75) is 19.4 Å². The first kappa shape index (κ1) is 15.7. The first-order valence-electron chi connectivity index (χ1n) is 8.70. The maximum Gasteiger partial charge on any atom is 0.253 e. The first-order chi connectivity index (χ1) is 12.2. The topological polar surface area (TPSA) is 49.6 Å². The Labute approximate surface area is 147 Å². The van der Waals surface area contributed by atoms with Gasteiger partial charge in [-0.3, -0.25) is 9.78 Å². The second-order valence-corrected chi connectivity index (χ2v) is 6.77. The summed E-state index contributed by atoms with van der Waals surface area (Å²) < 4.78 is 2.10. The Morgan fingerprint density at radius 3 is 2.88 bits per heavy atom. The lowest BCUT2D eigenvalue weighted by Crippen LogP contribution is -2.24. The standard InChI is InChI=1S/C20H22N4O/c1-23(13-15-4-5-15)19-9-8-18-7-6-17(14-24(18)19)20(25)22-12-16-3-2-10-21-11-16/h2-3,6-11,14-15H,4-5,12-13H2,1H3,(H,22,25). The summed E-state index contributed by atoms with van der Waals surface area (Å²) in [6, 6.07) is 11.9. The number of anilines is 1. The van der Waals surface area contributed by atoms with Gasteiger partial charge in [-0.25, -0.2) is 0 Å². The Kier molecular flexibility index (Phi) is 4.14. The molecule has 25 heavy (non-hydrogen) atoms. The van der Waals surface area contributed by atoms with E-state index in [9.17, 15) is 4.79 Å². The molecule has 1 aliphatic rings. The highest BCUT2D eigenvalue weighted by Crippen LogP contribution is 2.31. The maximum atomic E-state index is 12.5. The van der Waals surface area contributed by atoms with Crippen LogP contribution in [0.5, 0.6) is 0 Å². The van der Waals surface area contributed by atoms with E-state index in [4.69, 9.17) is 0 Å². The molecule has 0 saturated heterocycles. The van der Waals surface area contributed by atoms with Crippen molar-refractivity contribution >= 4 is 17.2 Å². The third kappa shape index (κ3) is 3.50. The summed E-state index contributed by atoms with van der Waals surface area (Å²) in [6.45, 7) is 1.55. The molecular weight excluding hydrogens is 312 g/mol. The van der Waals surface area contributed by atoms with Crippen LogP contribution < -0.4 is 10.2 Å². The predicted octanol–water partition coefficient (Wildman–Crippen LogP) is 3.11. The zero-order valence-electron chi connectivity index (χ0n) is 14.4. The predicted molar refractivity (Wildman–Crippen MR) is 98.8 cm³/mol. The van der Waals surface area contributed by atoms with Crippen molar-refractivity contribution in [2.24, 2.45) is 5.92 Å². The number of amides is 1. The summed E-state index contributed by atoms with van der Waals surface area (Å²) in [6.07, 6.45) is 8.07. The van der Waals surface area contributed by atoms with E-state index in [2.05, 4.69) is 38.8 Å². The van der Waals surface area contributed by atoms with Crippen molar-refractivity contribution in [1.82, 2.24) is 14.7 Å². The summed E-state index contributed by atoms with van der Waals surface area (Å²) in [4.78, 5) is 18.8. The van der Waals surface area contributed by atoms with Gasteiger partial charge in [-0.15, -0.1) is 0 Å². The Morgan fingerprint density at radius 1 is 1.28 bits per heavy atom. The molecule has 5 nitrogen and oxygen atoms in total. The van der Waals surface area contributed by atoms with Gasteiger partial charge in [-0.2, -0.15) is 0 Å². The highest BCUT2D eigenvalue weighted by molar-refractivity contribution is 5.94. The van der Waals surface area contributed by atoms with Crippen LogP contribution in [0.25, 0.3) is 5.52 Å². The van der Waals surface area contributed by atoms with Crippen LogP contribution in [-0.4, -0.2) is 28.9 Å². The molecule has 0 atom stereocenters. The van der Waals surface area contributed by atoms with E-state index < -0.39 is 0 Å². The fraction of sp³-hybridized carbons (Fsp3) is 0.300. The molecule has 0 spiro atoms. The van der Waals surface area contributed by atoms with Gasteiger partial charge in [0.25, 0.3) is 5.91 Å². The molecule has 4 rings (SSSR count). The molecule has 1 N–H and O–H groups in total. The van der Waals surface area contributed by atoms with Gasteiger partial charge in [0.05, 0.1) is 5.56 Å². The molecule has 0 bridgehead atoms. The molecule has 0 aromatic carbocycles. The minimum atomic E-state index is -0.0738. The van der Waals surface area contributed by atoms with E-state index in [-0.39, 0.29) is 5.91 Å². The van der Waals surface area contributed by atoms with Crippen LogP contribution in [0.4, 0.5) is 5.82 Å². The van der Waals surface area contributed by atoms with Crippen LogP contribution in [0, 0.1) is 5.92 Å². The van der Waals surface area contributed by atoms with E-state index in [1.807, 2.05) is 30.5 Å². The largest absolute Gasteiger partial charge is 0.361 e. The van der Waals surface area contributed by atoms with Crippen molar-refractivity contribution in [3.63, 3.8) is 0 Å². The zero-order chi connectivity index (χ0) is 17.2. The first-order valence-corrected chi connectivity index (χ1v) is 8.70. The molecule has 1 saturated carbocycles. The second kappa shape index (κ2) is 6.59. The molecule has 3 aromatic rings. The van der Waals surface area contributed by atoms with Gasteiger partial charge in [0.15, 0.2) is 0 Å². The number of hydrogen-bond acceptors (Lipinski definition) is 3. The Balaban J connectivity index is 1.52. The van der Waals surface area contributed by atoms with E-state index in [0.29, 0.717) is 12.1 Å². The molecule has 128 valence electrons. The minimum Gasteiger partial charge on any atom is -0.361 e. The molecule has 1 fully saturated rings. The fourth-order valence-electron chi connectivity index (χ4n) is 3.10. The number of pyridine rings is 2. The molecule has 1 amide bonds. The lowest BCUT2D eigenvalue weighted by molar-refractivity contribution is 0.0950. The van der Waals surface area contributed by atoms with E-state index in [1.165, 1.54) is 12.8 Å². The molecule has 3 heterocycles. The van der Waals surface area contributed by atoms with E-state index in [1.54, 1.807) is 12.4 Å². The van der Waals surface area contributed by atoms with Gasteiger partial charge >= 0.3 is 0 Å². The van der Waals surface area contributed by atoms with Crippen LogP contribution in [0.15, 0.2) is 55.0 Å². The summed E-state index contributed by atoms with van der Waals surface area (Å²) in [5, 5.41) is 2.96. The van der Waals surface area contributed by atoms with Crippen LogP contribution in [-0.2, 0) is 6.54 Å².